The van der Waals surface area contributed by atoms with E-state index in [4.69, 9.17) is 0 Å². The van der Waals surface area contributed by atoms with Gasteiger partial charge in [-0.1, -0.05) is 25.8 Å². The lowest BCUT2D eigenvalue weighted by molar-refractivity contribution is 0.0815. The van der Waals surface area contributed by atoms with Crippen LogP contribution in [0.5, 0.6) is 0 Å². The number of amides is 1. The van der Waals surface area contributed by atoms with Crippen LogP contribution in [0.4, 0.5) is 5.82 Å². The summed E-state index contributed by atoms with van der Waals surface area (Å²) in [7, 11) is 6.69. The largest absolute Gasteiger partial charge is 0.332 e. The summed E-state index contributed by atoms with van der Waals surface area (Å²) in [6.07, 6.45) is 8.30. The second-order valence-corrected chi connectivity index (χ2v) is 8.53. The lowest BCUT2D eigenvalue weighted by Crippen LogP contribution is -2.41. The summed E-state index contributed by atoms with van der Waals surface area (Å²) in [6, 6.07) is 0. The first kappa shape index (κ1) is 22.6. The van der Waals surface area contributed by atoms with Crippen LogP contribution >= 0.6 is 0 Å². The Balaban J connectivity index is 1.28. The molecule has 4 heterocycles. The number of nitrogens with zero attached hydrogens (tertiary/aromatic N) is 8. The molecule has 11 nitrogen and oxygen atoms in total. The Morgan fingerprint density at radius 3 is 2.09 bits per heavy atom. The number of carbonyl (C=O) groups excluding carboxylic acids is 1. The number of aryl methyl sites for hydroxylation is 3. The fourth-order valence-corrected chi connectivity index (χ4v) is 4.29. The van der Waals surface area contributed by atoms with Gasteiger partial charge in [0.05, 0.1) is 12.7 Å². The molecule has 0 saturated carbocycles. The highest BCUT2D eigenvalue weighted by Gasteiger charge is 2.32. The van der Waals surface area contributed by atoms with E-state index in [0.29, 0.717) is 35.0 Å². The number of carbonyl (C=O) groups is 1. The number of hydrogen-bond acceptors (Lipinski definition) is 6. The van der Waals surface area contributed by atoms with Crippen molar-refractivity contribution in [3.8, 4) is 0 Å². The normalized spacial score (nSPS) is 13.9. The van der Waals surface area contributed by atoms with Crippen LogP contribution in [0.15, 0.2) is 34.6 Å². The minimum Gasteiger partial charge on any atom is -0.325 e. The van der Waals surface area contributed by atoms with E-state index in [9.17, 15) is 14.4 Å². The summed E-state index contributed by atoms with van der Waals surface area (Å²) in [5.41, 5.74) is 0.800. The molecule has 0 fully saturated rings. The van der Waals surface area contributed by atoms with Gasteiger partial charge in [0, 0.05) is 41.3 Å². The van der Waals surface area contributed by atoms with Gasteiger partial charge >= 0.3 is 5.69 Å². The summed E-state index contributed by atoms with van der Waals surface area (Å²) in [4.78, 5) is 49.2. The van der Waals surface area contributed by atoms with Crippen LogP contribution < -0.4 is 16.1 Å². The molecule has 0 saturated heterocycles. The highest BCUT2D eigenvalue weighted by Crippen LogP contribution is 2.29. The van der Waals surface area contributed by atoms with Crippen LogP contribution in [0.2, 0.25) is 0 Å². The SMILES string of the molecule is C=C1N(C)C(=O)c2c(ncn2CCCCCCCn2cnc3c2c(=O)n(C)c(=O)n3C)N1C. The zero-order valence-corrected chi connectivity index (χ0v) is 19.6. The van der Waals surface area contributed by atoms with Crippen molar-refractivity contribution in [1.82, 2.24) is 33.1 Å². The maximum Gasteiger partial charge on any atom is 0.332 e. The van der Waals surface area contributed by atoms with Crippen molar-refractivity contribution in [2.45, 2.75) is 45.2 Å². The monoisotopic (exact) mass is 454 g/mol. The number of aromatic nitrogens is 6. The van der Waals surface area contributed by atoms with Gasteiger partial charge in [-0.2, -0.15) is 0 Å². The Morgan fingerprint density at radius 1 is 0.788 bits per heavy atom. The van der Waals surface area contributed by atoms with Gasteiger partial charge < -0.3 is 14.0 Å². The van der Waals surface area contributed by atoms with E-state index in [1.54, 1.807) is 31.6 Å². The second kappa shape index (κ2) is 8.72. The molecule has 176 valence electrons. The quantitative estimate of drug-likeness (QED) is 0.475. The molecule has 0 aliphatic carbocycles. The Bertz CT molecular complexity index is 1340. The van der Waals surface area contributed by atoms with Gasteiger partial charge in [-0.05, 0) is 12.8 Å². The molecule has 0 radical (unpaired) electrons. The Morgan fingerprint density at radius 2 is 1.39 bits per heavy atom. The van der Waals surface area contributed by atoms with Crippen molar-refractivity contribution in [2.24, 2.45) is 14.1 Å². The Kier molecular flexibility index (Phi) is 5.96. The second-order valence-electron chi connectivity index (χ2n) is 8.53. The van der Waals surface area contributed by atoms with Crippen molar-refractivity contribution in [3.05, 3.63) is 51.6 Å². The summed E-state index contributed by atoms with van der Waals surface area (Å²) in [5, 5.41) is 0. The average Bonchev–Trinajstić information content (AvgIpc) is 3.42. The molecule has 0 atom stereocenters. The zero-order chi connectivity index (χ0) is 23.9. The topological polar surface area (TPSA) is 103 Å². The Hall–Kier alpha value is -3.63. The first-order valence-corrected chi connectivity index (χ1v) is 11.1. The van der Waals surface area contributed by atoms with Crippen LogP contribution in [0.1, 0.15) is 42.6 Å². The average molecular weight is 455 g/mol. The standard InChI is InChI=1S/C22H30N8O3/c1-15-25(2)18-16(20(31)26(15)3)29(13-23-18)11-9-7-6-8-10-12-30-14-24-19-17(30)21(32)28(5)22(33)27(19)4/h13-14H,1,6-12H2,2-5H3. The fourth-order valence-electron chi connectivity index (χ4n) is 4.29. The molecule has 0 N–H and O–H groups in total. The number of rotatable bonds is 8. The molecule has 33 heavy (non-hydrogen) atoms. The molecule has 1 aliphatic rings. The van der Waals surface area contributed by atoms with Gasteiger partial charge in [-0.25, -0.2) is 14.8 Å². The zero-order valence-electron chi connectivity index (χ0n) is 19.6. The fraction of sp³-hybridized carbons (Fsp3) is 0.500. The highest BCUT2D eigenvalue weighted by atomic mass is 16.2. The predicted octanol–water partition coefficient (Wildman–Crippen LogP) is 1.27. The van der Waals surface area contributed by atoms with Gasteiger partial charge in [0.1, 0.15) is 5.82 Å². The van der Waals surface area contributed by atoms with Gasteiger partial charge in [0.25, 0.3) is 11.5 Å². The van der Waals surface area contributed by atoms with Crippen LogP contribution in [-0.2, 0) is 27.2 Å². The minimum absolute atomic E-state index is 0.0817. The van der Waals surface area contributed by atoms with Gasteiger partial charge in [0.15, 0.2) is 22.7 Å². The third-order valence-corrected chi connectivity index (χ3v) is 6.43. The van der Waals surface area contributed by atoms with Crippen molar-refractivity contribution < 1.29 is 4.79 Å². The van der Waals surface area contributed by atoms with Crippen molar-refractivity contribution >= 4 is 22.9 Å². The Labute approximate surface area is 191 Å². The summed E-state index contributed by atoms with van der Waals surface area (Å²) >= 11 is 0. The molecule has 1 aliphatic heterocycles. The van der Waals surface area contributed by atoms with Crippen LogP contribution in [0.25, 0.3) is 11.2 Å². The van der Waals surface area contributed by atoms with E-state index in [-0.39, 0.29) is 17.2 Å². The van der Waals surface area contributed by atoms with Crippen LogP contribution in [0, 0.1) is 0 Å². The van der Waals surface area contributed by atoms with E-state index in [2.05, 4.69) is 16.5 Å². The molecule has 11 heteroatoms. The summed E-state index contributed by atoms with van der Waals surface area (Å²) in [5.74, 6) is 1.18. The van der Waals surface area contributed by atoms with Gasteiger partial charge in [0.2, 0.25) is 0 Å². The van der Waals surface area contributed by atoms with Gasteiger partial charge in [-0.3, -0.25) is 23.6 Å². The third kappa shape index (κ3) is 3.77. The van der Waals surface area contributed by atoms with Crippen molar-refractivity contribution in [2.75, 3.05) is 19.0 Å². The van der Waals surface area contributed by atoms with Crippen molar-refractivity contribution in [3.63, 3.8) is 0 Å². The first-order chi connectivity index (χ1) is 15.7. The molecule has 1 amide bonds. The third-order valence-electron chi connectivity index (χ3n) is 6.43. The molecule has 4 rings (SSSR count). The number of hydrogen-bond donors (Lipinski definition) is 0. The molecule has 0 aromatic carbocycles. The molecule has 0 spiro atoms. The molecular formula is C22H30N8O3. The predicted molar refractivity (Wildman–Crippen MR) is 125 cm³/mol. The summed E-state index contributed by atoms with van der Waals surface area (Å²) < 4.78 is 6.28. The molecule has 0 unspecified atom stereocenters. The van der Waals surface area contributed by atoms with Crippen molar-refractivity contribution in [1.29, 1.82) is 0 Å². The van der Waals surface area contributed by atoms with E-state index >= 15 is 0 Å². The number of fused-ring (bicyclic) bond motifs is 2. The maximum atomic E-state index is 12.6. The first-order valence-electron chi connectivity index (χ1n) is 11.1. The lowest BCUT2D eigenvalue weighted by atomic mass is 10.1. The van der Waals surface area contributed by atoms with E-state index in [0.717, 1.165) is 43.2 Å². The number of anilines is 1. The van der Waals surface area contributed by atoms with E-state index in [1.807, 2.05) is 21.1 Å². The minimum atomic E-state index is -0.373. The number of imidazole rings is 2. The smallest absolute Gasteiger partial charge is 0.325 e. The summed E-state index contributed by atoms with van der Waals surface area (Å²) in [6.45, 7) is 5.34. The molecule has 0 bridgehead atoms. The number of unbranched alkanes of at least 4 members (excludes halogenated alkanes) is 4. The molecule has 3 aromatic heterocycles. The van der Waals surface area contributed by atoms with Gasteiger partial charge in [-0.15, -0.1) is 0 Å². The van der Waals surface area contributed by atoms with Crippen LogP contribution in [0.3, 0.4) is 0 Å². The maximum absolute atomic E-state index is 12.6. The van der Waals surface area contributed by atoms with E-state index < -0.39 is 0 Å². The highest BCUT2D eigenvalue weighted by molar-refractivity contribution is 6.01. The molecule has 3 aromatic rings. The van der Waals surface area contributed by atoms with E-state index in [1.165, 1.54) is 11.6 Å². The van der Waals surface area contributed by atoms with Crippen LogP contribution in [-0.4, -0.2) is 53.1 Å². The lowest BCUT2D eigenvalue weighted by Gasteiger charge is -2.33. The molecular weight excluding hydrogens is 424 g/mol.